The van der Waals surface area contributed by atoms with Gasteiger partial charge in [0.05, 0.1) is 17.8 Å². The van der Waals surface area contributed by atoms with E-state index in [0.29, 0.717) is 0 Å². The average Bonchev–Trinajstić information content (AvgIpc) is 1.97. The van der Waals surface area contributed by atoms with Crippen LogP contribution in [0.1, 0.15) is 13.8 Å². The fourth-order valence-electron chi connectivity index (χ4n) is 0.984. The van der Waals surface area contributed by atoms with Crippen LogP contribution in [0.2, 0.25) is 0 Å². The smallest absolute Gasteiger partial charge is 0.154 e. The van der Waals surface area contributed by atoms with Gasteiger partial charge in [-0.25, -0.2) is 12.8 Å². The Kier molecular flexibility index (Phi) is 5.17. The van der Waals surface area contributed by atoms with Crippen molar-refractivity contribution in [3.8, 4) is 0 Å². The van der Waals surface area contributed by atoms with E-state index in [1.54, 1.807) is 13.8 Å². The first-order valence-electron chi connectivity index (χ1n) is 4.10. The highest BCUT2D eigenvalue weighted by molar-refractivity contribution is 7.91. The minimum absolute atomic E-state index is 0.0478. The summed E-state index contributed by atoms with van der Waals surface area (Å²) in [6.07, 6.45) is 0.276. The monoisotopic (exact) mass is 209 g/mol. The predicted octanol–water partition coefficient (Wildman–Crippen LogP) is 0.869. The van der Waals surface area contributed by atoms with Crippen molar-refractivity contribution in [2.45, 2.75) is 13.8 Å². The lowest BCUT2D eigenvalue weighted by Gasteiger charge is -2.07. The van der Waals surface area contributed by atoms with E-state index in [4.69, 9.17) is 5.73 Å². The van der Waals surface area contributed by atoms with Crippen LogP contribution in [0.4, 0.5) is 4.39 Å². The van der Waals surface area contributed by atoms with E-state index >= 15 is 0 Å². The second-order valence-electron chi connectivity index (χ2n) is 3.42. The van der Waals surface area contributed by atoms with Crippen LogP contribution in [-0.2, 0) is 9.84 Å². The van der Waals surface area contributed by atoms with Crippen LogP contribution in [0, 0.1) is 5.92 Å². The highest BCUT2D eigenvalue weighted by Gasteiger charge is 2.14. The zero-order valence-corrected chi connectivity index (χ0v) is 8.77. The van der Waals surface area contributed by atoms with Gasteiger partial charge < -0.3 is 5.73 Å². The zero-order chi connectivity index (χ0) is 10.5. The van der Waals surface area contributed by atoms with Gasteiger partial charge in [0.1, 0.15) is 0 Å². The van der Waals surface area contributed by atoms with Crippen LogP contribution >= 0.6 is 0 Å². The summed E-state index contributed by atoms with van der Waals surface area (Å²) in [6.45, 7) is 3.56. The van der Waals surface area contributed by atoms with Gasteiger partial charge in [0.25, 0.3) is 0 Å². The van der Waals surface area contributed by atoms with Crippen molar-refractivity contribution >= 4 is 9.84 Å². The minimum Gasteiger partial charge on any atom is -0.327 e. The predicted molar refractivity (Wildman–Crippen MR) is 51.7 cm³/mol. The molecule has 0 unspecified atom stereocenters. The quantitative estimate of drug-likeness (QED) is 0.731. The molecule has 0 aromatic heterocycles. The van der Waals surface area contributed by atoms with Gasteiger partial charge in [-0.3, -0.25) is 0 Å². The molecule has 0 saturated carbocycles. The number of rotatable bonds is 5. The second-order valence-corrected chi connectivity index (χ2v) is 5.53. The summed E-state index contributed by atoms with van der Waals surface area (Å²) in [7, 11) is -3.19. The Bertz CT molecular complexity index is 270. The Hall–Kier alpha value is -0.420. The fourth-order valence-corrected chi connectivity index (χ4v) is 2.86. The molecule has 0 amide bonds. The summed E-state index contributed by atoms with van der Waals surface area (Å²) in [5.41, 5.74) is 5.27. The van der Waals surface area contributed by atoms with Crippen LogP contribution in [-0.4, -0.2) is 26.5 Å². The highest BCUT2D eigenvalue weighted by Crippen LogP contribution is 2.05. The molecule has 3 nitrogen and oxygen atoms in total. The van der Waals surface area contributed by atoms with Gasteiger partial charge >= 0.3 is 0 Å². The van der Waals surface area contributed by atoms with Crippen LogP contribution in [0.3, 0.4) is 0 Å². The molecular formula is C8H16FNO2S. The summed E-state index contributed by atoms with van der Waals surface area (Å²) in [6, 6.07) is 0. The van der Waals surface area contributed by atoms with E-state index in [1.807, 2.05) is 0 Å². The Morgan fingerprint density at radius 1 is 1.54 bits per heavy atom. The first-order chi connectivity index (χ1) is 5.91. The number of halogens is 1. The summed E-state index contributed by atoms with van der Waals surface area (Å²) < 4.78 is 34.6. The highest BCUT2D eigenvalue weighted by atomic mass is 32.2. The topological polar surface area (TPSA) is 60.2 Å². The number of hydrogen-bond donors (Lipinski definition) is 1. The van der Waals surface area contributed by atoms with Gasteiger partial charge in [-0.1, -0.05) is 13.8 Å². The van der Waals surface area contributed by atoms with Crippen molar-refractivity contribution in [3.05, 3.63) is 11.9 Å². The normalized spacial score (nSPS) is 13.8. The standard InChI is InChI=1S/C8H16FNO2S/c1-7(2)5-13(11,12)6-8(3-9)4-10/h3,7H,4-6,10H2,1-2H3. The fraction of sp³-hybridized carbons (Fsp3) is 0.750. The Balaban J connectivity index is 4.34. The Morgan fingerprint density at radius 2 is 2.08 bits per heavy atom. The van der Waals surface area contributed by atoms with Gasteiger partial charge in [0.2, 0.25) is 0 Å². The van der Waals surface area contributed by atoms with Crippen molar-refractivity contribution in [2.24, 2.45) is 11.7 Å². The number of hydrogen-bond acceptors (Lipinski definition) is 3. The van der Waals surface area contributed by atoms with Crippen molar-refractivity contribution in [3.63, 3.8) is 0 Å². The molecule has 0 bridgehead atoms. The van der Waals surface area contributed by atoms with E-state index in [9.17, 15) is 12.8 Å². The molecule has 0 rings (SSSR count). The first-order valence-corrected chi connectivity index (χ1v) is 5.92. The summed E-state index contributed by atoms with van der Waals surface area (Å²) in [4.78, 5) is 0. The zero-order valence-electron chi connectivity index (χ0n) is 7.96. The molecule has 0 aromatic carbocycles. The molecule has 0 radical (unpaired) electrons. The molecular weight excluding hydrogens is 193 g/mol. The number of nitrogens with two attached hydrogens (primary N) is 1. The molecule has 0 aliphatic carbocycles. The second kappa shape index (κ2) is 5.34. The Labute approximate surface area is 78.7 Å². The van der Waals surface area contributed by atoms with E-state index in [2.05, 4.69) is 0 Å². The third kappa shape index (κ3) is 5.76. The van der Waals surface area contributed by atoms with Gasteiger partial charge in [0.15, 0.2) is 9.84 Å². The van der Waals surface area contributed by atoms with Gasteiger partial charge in [-0.15, -0.1) is 0 Å². The SMILES string of the molecule is CC(C)CS(=O)(=O)CC(=CF)CN. The molecule has 13 heavy (non-hydrogen) atoms. The molecule has 0 saturated heterocycles. The Morgan fingerprint density at radius 3 is 2.38 bits per heavy atom. The first kappa shape index (κ1) is 12.6. The summed E-state index contributed by atoms with van der Waals surface area (Å²) >= 11 is 0. The van der Waals surface area contributed by atoms with E-state index < -0.39 is 9.84 Å². The van der Waals surface area contributed by atoms with Gasteiger partial charge in [-0.2, -0.15) is 0 Å². The van der Waals surface area contributed by atoms with Gasteiger partial charge in [0, 0.05) is 6.54 Å². The van der Waals surface area contributed by atoms with Crippen LogP contribution in [0.15, 0.2) is 11.9 Å². The van der Waals surface area contributed by atoms with Gasteiger partial charge in [-0.05, 0) is 11.5 Å². The van der Waals surface area contributed by atoms with Crippen molar-refractivity contribution < 1.29 is 12.8 Å². The molecule has 0 aliphatic heterocycles. The van der Waals surface area contributed by atoms with E-state index in [1.165, 1.54) is 0 Å². The molecule has 0 atom stereocenters. The minimum atomic E-state index is -3.19. The maximum absolute atomic E-state index is 12.0. The third-order valence-electron chi connectivity index (χ3n) is 1.41. The van der Waals surface area contributed by atoms with Crippen LogP contribution in [0.5, 0.6) is 0 Å². The lowest BCUT2D eigenvalue weighted by atomic mass is 10.3. The average molecular weight is 209 g/mol. The molecule has 2 N–H and O–H groups in total. The maximum Gasteiger partial charge on any atom is 0.154 e. The lowest BCUT2D eigenvalue weighted by molar-refractivity contribution is 0.583. The maximum atomic E-state index is 12.0. The molecule has 0 spiro atoms. The molecule has 0 fully saturated rings. The van der Waals surface area contributed by atoms with Crippen molar-refractivity contribution in [1.29, 1.82) is 0 Å². The lowest BCUT2D eigenvalue weighted by Crippen LogP contribution is -2.19. The summed E-state index contributed by atoms with van der Waals surface area (Å²) in [5.74, 6) is -0.133. The van der Waals surface area contributed by atoms with E-state index in [0.717, 1.165) is 0 Å². The largest absolute Gasteiger partial charge is 0.327 e. The van der Waals surface area contributed by atoms with Crippen molar-refractivity contribution in [1.82, 2.24) is 0 Å². The third-order valence-corrected chi connectivity index (χ3v) is 3.39. The molecule has 78 valence electrons. The molecule has 0 heterocycles. The van der Waals surface area contributed by atoms with Crippen LogP contribution in [0.25, 0.3) is 0 Å². The molecule has 5 heteroatoms. The van der Waals surface area contributed by atoms with Crippen molar-refractivity contribution in [2.75, 3.05) is 18.1 Å². The number of sulfone groups is 1. The molecule has 0 aromatic rings. The summed E-state index contributed by atoms with van der Waals surface area (Å²) in [5, 5.41) is 0. The molecule has 0 aliphatic rings. The van der Waals surface area contributed by atoms with E-state index in [-0.39, 0.29) is 35.9 Å². The van der Waals surface area contributed by atoms with Crippen LogP contribution < -0.4 is 5.73 Å².